The maximum atomic E-state index is 12.7. The van der Waals surface area contributed by atoms with Crippen LogP contribution in [0.1, 0.15) is 48.0 Å². The Morgan fingerprint density at radius 1 is 1.03 bits per heavy atom. The van der Waals surface area contributed by atoms with Gasteiger partial charge >= 0.3 is 0 Å². The van der Waals surface area contributed by atoms with Crippen LogP contribution in [-0.2, 0) is 11.4 Å². The van der Waals surface area contributed by atoms with E-state index in [0.29, 0.717) is 17.2 Å². The van der Waals surface area contributed by atoms with Gasteiger partial charge in [-0.3, -0.25) is 9.59 Å². The van der Waals surface area contributed by atoms with Crippen molar-refractivity contribution in [3.8, 4) is 0 Å². The van der Waals surface area contributed by atoms with E-state index in [0.717, 1.165) is 17.0 Å². The van der Waals surface area contributed by atoms with E-state index in [4.69, 9.17) is 0 Å². The minimum Gasteiger partial charge on any atom is -0.392 e. The highest BCUT2D eigenvalue weighted by atomic mass is 32.2. The molecular formula is C23H28N2O3S. The van der Waals surface area contributed by atoms with Gasteiger partial charge in [-0.25, -0.2) is 0 Å². The standard InChI is InChI=1S/C23H28N2O3S/c26-15-18-9-6-10-19(13-18)25-23(28)20-11-4-5-12-21(20)29-16-22(27)24-14-17-7-2-1-3-8-17/h4-6,9-13,17,26H,1-3,7-8,14-16H2,(H,24,27)(H,25,28). The summed E-state index contributed by atoms with van der Waals surface area (Å²) in [4.78, 5) is 25.7. The van der Waals surface area contributed by atoms with Crippen LogP contribution in [0.5, 0.6) is 0 Å². The average molecular weight is 413 g/mol. The smallest absolute Gasteiger partial charge is 0.256 e. The molecule has 0 aliphatic heterocycles. The predicted octanol–water partition coefficient (Wildman–Crippen LogP) is 4.22. The topological polar surface area (TPSA) is 78.4 Å². The summed E-state index contributed by atoms with van der Waals surface area (Å²) in [6.45, 7) is 0.675. The Balaban J connectivity index is 1.55. The molecule has 1 fully saturated rings. The van der Waals surface area contributed by atoms with E-state index in [-0.39, 0.29) is 24.2 Å². The molecule has 1 saturated carbocycles. The number of thioether (sulfide) groups is 1. The van der Waals surface area contributed by atoms with E-state index in [1.165, 1.54) is 43.9 Å². The van der Waals surface area contributed by atoms with Crippen molar-refractivity contribution in [2.24, 2.45) is 5.92 Å². The first-order chi connectivity index (χ1) is 14.2. The van der Waals surface area contributed by atoms with E-state index in [9.17, 15) is 14.7 Å². The molecule has 2 amide bonds. The average Bonchev–Trinajstić information content (AvgIpc) is 2.77. The highest BCUT2D eigenvalue weighted by Gasteiger charge is 2.16. The van der Waals surface area contributed by atoms with Crippen LogP contribution in [0.2, 0.25) is 0 Å². The molecule has 29 heavy (non-hydrogen) atoms. The third-order valence-corrected chi connectivity index (χ3v) is 6.24. The van der Waals surface area contributed by atoms with Crippen LogP contribution in [0, 0.1) is 5.92 Å². The number of carbonyl (C=O) groups excluding carboxylic acids is 2. The summed E-state index contributed by atoms with van der Waals surface area (Å²) in [5.74, 6) is 0.666. The molecule has 3 N–H and O–H groups in total. The highest BCUT2D eigenvalue weighted by Crippen LogP contribution is 2.25. The quantitative estimate of drug-likeness (QED) is 0.567. The Morgan fingerprint density at radius 2 is 1.83 bits per heavy atom. The van der Waals surface area contributed by atoms with Crippen LogP contribution in [-0.4, -0.2) is 29.2 Å². The molecule has 6 heteroatoms. The summed E-state index contributed by atoms with van der Waals surface area (Å²) in [6.07, 6.45) is 6.24. The molecule has 5 nitrogen and oxygen atoms in total. The maximum Gasteiger partial charge on any atom is 0.256 e. The summed E-state index contributed by atoms with van der Waals surface area (Å²) < 4.78 is 0. The van der Waals surface area contributed by atoms with E-state index in [1.54, 1.807) is 30.3 Å². The fourth-order valence-electron chi connectivity index (χ4n) is 3.57. The highest BCUT2D eigenvalue weighted by molar-refractivity contribution is 8.00. The first kappa shape index (κ1) is 21.4. The number of benzene rings is 2. The first-order valence-corrected chi connectivity index (χ1v) is 11.1. The molecule has 0 aromatic heterocycles. The molecule has 1 aliphatic carbocycles. The number of aliphatic hydroxyl groups is 1. The third-order valence-electron chi connectivity index (χ3n) is 5.17. The second kappa shape index (κ2) is 11.0. The molecule has 2 aromatic rings. The minimum absolute atomic E-state index is 0.00596. The van der Waals surface area contributed by atoms with Crippen LogP contribution in [0.15, 0.2) is 53.4 Å². The van der Waals surface area contributed by atoms with Crippen molar-refractivity contribution in [3.63, 3.8) is 0 Å². The Bertz CT molecular complexity index is 834. The number of hydrogen-bond acceptors (Lipinski definition) is 4. The molecule has 0 atom stereocenters. The molecule has 0 bridgehead atoms. The van der Waals surface area contributed by atoms with Crippen LogP contribution in [0.4, 0.5) is 5.69 Å². The lowest BCUT2D eigenvalue weighted by Gasteiger charge is -2.21. The van der Waals surface area contributed by atoms with E-state index in [2.05, 4.69) is 10.6 Å². The van der Waals surface area contributed by atoms with Crippen molar-refractivity contribution in [2.45, 2.75) is 43.6 Å². The fourth-order valence-corrected chi connectivity index (χ4v) is 4.45. The van der Waals surface area contributed by atoms with Crippen LogP contribution in [0.3, 0.4) is 0 Å². The molecule has 0 radical (unpaired) electrons. The predicted molar refractivity (Wildman–Crippen MR) is 117 cm³/mol. The van der Waals surface area contributed by atoms with Crippen molar-refractivity contribution in [1.29, 1.82) is 0 Å². The molecule has 0 spiro atoms. The molecule has 3 rings (SSSR count). The third kappa shape index (κ3) is 6.61. The van der Waals surface area contributed by atoms with Gasteiger partial charge in [0, 0.05) is 17.1 Å². The molecule has 2 aromatic carbocycles. The molecule has 0 unspecified atom stereocenters. The second-order valence-electron chi connectivity index (χ2n) is 7.41. The van der Waals surface area contributed by atoms with Crippen molar-refractivity contribution in [3.05, 3.63) is 59.7 Å². The van der Waals surface area contributed by atoms with Gasteiger partial charge in [0.15, 0.2) is 0 Å². The SMILES string of the molecule is O=C(CSc1ccccc1C(=O)Nc1cccc(CO)c1)NCC1CCCCC1. The van der Waals surface area contributed by atoms with Gasteiger partial charge in [0.05, 0.1) is 17.9 Å². The van der Waals surface area contributed by atoms with Gasteiger partial charge < -0.3 is 15.7 Å². The van der Waals surface area contributed by atoms with Gasteiger partial charge in [0.1, 0.15) is 0 Å². The molecule has 154 valence electrons. The number of rotatable bonds is 8. The number of amides is 2. The number of hydrogen-bond donors (Lipinski definition) is 3. The lowest BCUT2D eigenvalue weighted by atomic mass is 9.89. The maximum absolute atomic E-state index is 12.7. The summed E-state index contributed by atoms with van der Waals surface area (Å²) >= 11 is 1.38. The summed E-state index contributed by atoms with van der Waals surface area (Å²) in [6, 6.07) is 14.4. The minimum atomic E-state index is -0.231. The van der Waals surface area contributed by atoms with Gasteiger partial charge in [-0.2, -0.15) is 0 Å². The van der Waals surface area contributed by atoms with Gasteiger partial charge in [-0.05, 0) is 48.6 Å². The number of anilines is 1. The van der Waals surface area contributed by atoms with E-state index >= 15 is 0 Å². The molecular weight excluding hydrogens is 384 g/mol. The summed E-state index contributed by atoms with van der Waals surface area (Å²) in [5.41, 5.74) is 1.90. The Hall–Kier alpha value is -2.31. The zero-order chi connectivity index (χ0) is 20.5. The molecule has 0 saturated heterocycles. The Morgan fingerprint density at radius 3 is 2.62 bits per heavy atom. The monoisotopic (exact) mass is 412 g/mol. The second-order valence-corrected chi connectivity index (χ2v) is 8.42. The van der Waals surface area contributed by atoms with Gasteiger partial charge in [-0.1, -0.05) is 43.5 Å². The largest absolute Gasteiger partial charge is 0.392 e. The fraction of sp³-hybridized carbons (Fsp3) is 0.391. The lowest BCUT2D eigenvalue weighted by molar-refractivity contribution is -0.118. The number of nitrogens with one attached hydrogen (secondary N) is 2. The Kier molecular flexibility index (Phi) is 8.14. The lowest BCUT2D eigenvalue weighted by Crippen LogP contribution is -2.31. The van der Waals surface area contributed by atoms with Crippen molar-refractivity contribution >= 4 is 29.3 Å². The van der Waals surface area contributed by atoms with Crippen molar-refractivity contribution in [2.75, 3.05) is 17.6 Å². The first-order valence-electron chi connectivity index (χ1n) is 10.2. The Labute approximate surface area is 176 Å². The zero-order valence-electron chi connectivity index (χ0n) is 16.5. The van der Waals surface area contributed by atoms with Gasteiger partial charge in [-0.15, -0.1) is 11.8 Å². The molecule has 0 heterocycles. The number of aliphatic hydroxyl groups excluding tert-OH is 1. The summed E-state index contributed by atoms with van der Waals surface area (Å²) in [5, 5.41) is 15.2. The van der Waals surface area contributed by atoms with Crippen molar-refractivity contribution in [1.82, 2.24) is 5.32 Å². The summed E-state index contributed by atoms with van der Waals surface area (Å²) in [7, 11) is 0. The van der Waals surface area contributed by atoms with Gasteiger partial charge in [0.2, 0.25) is 5.91 Å². The molecule has 1 aliphatic rings. The van der Waals surface area contributed by atoms with Crippen LogP contribution < -0.4 is 10.6 Å². The van der Waals surface area contributed by atoms with Gasteiger partial charge in [0.25, 0.3) is 5.91 Å². The van der Waals surface area contributed by atoms with Crippen molar-refractivity contribution < 1.29 is 14.7 Å². The zero-order valence-corrected chi connectivity index (χ0v) is 17.3. The normalized spacial score (nSPS) is 14.4. The van der Waals surface area contributed by atoms with Crippen LogP contribution >= 0.6 is 11.8 Å². The van der Waals surface area contributed by atoms with E-state index in [1.807, 2.05) is 18.2 Å². The van der Waals surface area contributed by atoms with E-state index < -0.39 is 0 Å². The number of carbonyl (C=O) groups is 2. The van der Waals surface area contributed by atoms with Crippen LogP contribution in [0.25, 0.3) is 0 Å².